The molecule has 20 heavy (non-hydrogen) atoms. The fourth-order valence-corrected chi connectivity index (χ4v) is 2.60. The molecule has 0 aromatic carbocycles. The smallest absolute Gasteiger partial charge is 0.223 e. The summed E-state index contributed by atoms with van der Waals surface area (Å²) < 4.78 is 5.78. The van der Waals surface area contributed by atoms with Crippen LogP contribution in [0, 0.1) is 5.92 Å². The van der Waals surface area contributed by atoms with Gasteiger partial charge in [0.05, 0.1) is 12.7 Å². The van der Waals surface area contributed by atoms with Crippen LogP contribution < -0.4 is 5.32 Å². The lowest BCUT2D eigenvalue weighted by Gasteiger charge is -2.32. The van der Waals surface area contributed by atoms with Gasteiger partial charge in [-0.1, -0.05) is 18.1 Å². The van der Waals surface area contributed by atoms with Gasteiger partial charge in [-0.05, 0) is 33.1 Å². The van der Waals surface area contributed by atoms with Gasteiger partial charge in [0.25, 0.3) is 0 Å². The van der Waals surface area contributed by atoms with Crippen molar-refractivity contribution in [2.75, 3.05) is 32.8 Å². The van der Waals surface area contributed by atoms with Gasteiger partial charge in [-0.25, -0.2) is 0 Å². The van der Waals surface area contributed by atoms with Crippen molar-refractivity contribution < 1.29 is 9.53 Å². The lowest BCUT2D eigenvalue weighted by atomic mass is 9.85. The lowest BCUT2D eigenvalue weighted by molar-refractivity contribution is -0.127. The van der Waals surface area contributed by atoms with E-state index < -0.39 is 0 Å². The SMILES string of the molecule is CC(C)=CCN1CCOC(CCNC(=O)C2CCC2)C1. The Labute approximate surface area is 122 Å². The van der Waals surface area contributed by atoms with Gasteiger partial charge in [0, 0.05) is 32.1 Å². The first kappa shape index (κ1) is 15.5. The van der Waals surface area contributed by atoms with E-state index in [9.17, 15) is 4.79 Å². The molecule has 0 spiro atoms. The zero-order valence-electron chi connectivity index (χ0n) is 12.9. The average Bonchev–Trinajstić information content (AvgIpc) is 2.35. The predicted octanol–water partition coefficient (Wildman–Crippen LogP) is 1.96. The fraction of sp³-hybridized carbons (Fsp3) is 0.812. The van der Waals surface area contributed by atoms with Crippen LogP contribution in [0.1, 0.15) is 39.5 Å². The first-order chi connectivity index (χ1) is 9.65. The molecular formula is C16H28N2O2. The van der Waals surface area contributed by atoms with Crippen LogP contribution in [0.2, 0.25) is 0 Å². The Balaban J connectivity index is 1.62. The van der Waals surface area contributed by atoms with Crippen LogP contribution in [-0.4, -0.2) is 49.7 Å². The number of hydrogen-bond donors (Lipinski definition) is 1. The molecule has 1 unspecified atom stereocenters. The number of carbonyl (C=O) groups is 1. The molecule has 2 fully saturated rings. The summed E-state index contributed by atoms with van der Waals surface area (Å²) in [6, 6.07) is 0. The fourth-order valence-electron chi connectivity index (χ4n) is 2.60. The van der Waals surface area contributed by atoms with Crippen LogP contribution in [0.5, 0.6) is 0 Å². The van der Waals surface area contributed by atoms with Crippen molar-refractivity contribution in [3.63, 3.8) is 0 Å². The Morgan fingerprint density at radius 3 is 2.85 bits per heavy atom. The topological polar surface area (TPSA) is 41.6 Å². The van der Waals surface area contributed by atoms with Crippen LogP contribution >= 0.6 is 0 Å². The predicted molar refractivity (Wildman–Crippen MR) is 80.6 cm³/mol. The molecule has 1 N–H and O–H groups in total. The summed E-state index contributed by atoms with van der Waals surface area (Å²) in [5.74, 6) is 0.532. The standard InChI is InChI=1S/C16H28N2O2/c1-13(2)7-9-18-10-11-20-15(12-18)6-8-17-16(19)14-4-3-5-14/h7,14-15H,3-6,8-12H2,1-2H3,(H,17,19). The maximum atomic E-state index is 11.7. The highest BCUT2D eigenvalue weighted by molar-refractivity contribution is 5.79. The minimum atomic E-state index is 0.244. The highest BCUT2D eigenvalue weighted by Gasteiger charge is 2.25. The monoisotopic (exact) mass is 280 g/mol. The molecule has 1 aliphatic carbocycles. The molecule has 1 atom stereocenters. The first-order valence-electron chi connectivity index (χ1n) is 7.90. The van der Waals surface area contributed by atoms with Crippen molar-refractivity contribution in [1.82, 2.24) is 10.2 Å². The number of morpholine rings is 1. The van der Waals surface area contributed by atoms with Crippen molar-refractivity contribution >= 4 is 5.91 Å². The third-order valence-corrected chi connectivity index (χ3v) is 4.22. The molecule has 0 aromatic heterocycles. The molecule has 1 aliphatic heterocycles. The highest BCUT2D eigenvalue weighted by Crippen LogP contribution is 2.26. The summed E-state index contributed by atoms with van der Waals surface area (Å²) in [4.78, 5) is 14.2. The van der Waals surface area contributed by atoms with Gasteiger partial charge in [-0.3, -0.25) is 9.69 Å². The van der Waals surface area contributed by atoms with Gasteiger partial charge in [0.15, 0.2) is 0 Å². The van der Waals surface area contributed by atoms with Crippen LogP contribution in [0.3, 0.4) is 0 Å². The summed E-state index contributed by atoms with van der Waals surface area (Å²) in [5.41, 5.74) is 1.36. The van der Waals surface area contributed by atoms with Gasteiger partial charge < -0.3 is 10.1 Å². The molecule has 2 rings (SSSR count). The number of ether oxygens (including phenoxy) is 1. The Bertz CT molecular complexity index is 346. The Hall–Kier alpha value is -0.870. The molecule has 0 bridgehead atoms. The van der Waals surface area contributed by atoms with E-state index in [4.69, 9.17) is 4.74 Å². The summed E-state index contributed by atoms with van der Waals surface area (Å²) in [6.07, 6.45) is 6.80. The van der Waals surface area contributed by atoms with Crippen molar-refractivity contribution in [2.24, 2.45) is 5.92 Å². The summed E-state index contributed by atoms with van der Waals surface area (Å²) >= 11 is 0. The molecular weight excluding hydrogens is 252 g/mol. The molecule has 0 aromatic rings. The second-order valence-corrected chi connectivity index (χ2v) is 6.24. The van der Waals surface area contributed by atoms with E-state index in [1.165, 1.54) is 12.0 Å². The normalized spacial score (nSPS) is 24.0. The molecule has 114 valence electrons. The summed E-state index contributed by atoms with van der Waals surface area (Å²) in [7, 11) is 0. The van der Waals surface area contributed by atoms with Crippen molar-refractivity contribution in [1.29, 1.82) is 0 Å². The minimum absolute atomic E-state index is 0.244. The Kier molecular flexibility index (Phi) is 6.05. The van der Waals surface area contributed by atoms with E-state index in [0.29, 0.717) is 0 Å². The number of carbonyl (C=O) groups excluding carboxylic acids is 1. The molecule has 1 saturated carbocycles. The minimum Gasteiger partial charge on any atom is -0.375 e. The second-order valence-electron chi connectivity index (χ2n) is 6.24. The van der Waals surface area contributed by atoms with E-state index in [1.807, 2.05) is 0 Å². The molecule has 4 nitrogen and oxygen atoms in total. The van der Waals surface area contributed by atoms with Crippen LogP contribution in [0.4, 0.5) is 0 Å². The number of nitrogens with one attached hydrogen (secondary N) is 1. The first-order valence-corrected chi connectivity index (χ1v) is 7.90. The van der Waals surface area contributed by atoms with E-state index in [1.54, 1.807) is 0 Å². The Morgan fingerprint density at radius 1 is 1.40 bits per heavy atom. The third-order valence-electron chi connectivity index (χ3n) is 4.22. The van der Waals surface area contributed by atoms with Crippen molar-refractivity contribution in [2.45, 2.75) is 45.6 Å². The zero-order chi connectivity index (χ0) is 14.4. The van der Waals surface area contributed by atoms with Crippen LogP contribution in [0.25, 0.3) is 0 Å². The molecule has 1 amide bonds. The second kappa shape index (κ2) is 7.79. The lowest BCUT2D eigenvalue weighted by Crippen LogP contribution is -2.44. The third kappa shape index (κ3) is 4.91. The van der Waals surface area contributed by atoms with Gasteiger partial charge in [0.1, 0.15) is 0 Å². The van der Waals surface area contributed by atoms with Crippen molar-refractivity contribution in [3.05, 3.63) is 11.6 Å². The number of nitrogens with zero attached hydrogens (tertiary/aromatic N) is 1. The molecule has 2 aliphatic rings. The maximum Gasteiger partial charge on any atom is 0.223 e. The number of allylic oxidation sites excluding steroid dienone is 1. The maximum absolute atomic E-state index is 11.7. The summed E-state index contributed by atoms with van der Waals surface area (Å²) in [5, 5.41) is 3.05. The quantitative estimate of drug-likeness (QED) is 0.756. The van der Waals surface area contributed by atoms with E-state index in [0.717, 1.165) is 52.0 Å². The number of amides is 1. The summed E-state index contributed by atoms with van der Waals surface area (Å²) in [6.45, 7) is 8.81. The zero-order valence-corrected chi connectivity index (χ0v) is 12.9. The Morgan fingerprint density at radius 2 is 2.20 bits per heavy atom. The molecule has 1 saturated heterocycles. The van der Waals surface area contributed by atoms with Gasteiger partial charge >= 0.3 is 0 Å². The highest BCUT2D eigenvalue weighted by atomic mass is 16.5. The van der Waals surface area contributed by atoms with Gasteiger partial charge in [0.2, 0.25) is 5.91 Å². The molecule has 4 heteroatoms. The number of hydrogen-bond acceptors (Lipinski definition) is 3. The molecule has 1 heterocycles. The van der Waals surface area contributed by atoms with Crippen LogP contribution in [-0.2, 0) is 9.53 Å². The largest absolute Gasteiger partial charge is 0.375 e. The van der Waals surface area contributed by atoms with Gasteiger partial charge in [-0.2, -0.15) is 0 Å². The average molecular weight is 280 g/mol. The van der Waals surface area contributed by atoms with E-state index in [-0.39, 0.29) is 17.9 Å². The molecule has 0 radical (unpaired) electrons. The number of rotatable bonds is 6. The van der Waals surface area contributed by atoms with Gasteiger partial charge in [-0.15, -0.1) is 0 Å². The van der Waals surface area contributed by atoms with E-state index >= 15 is 0 Å². The van der Waals surface area contributed by atoms with Crippen LogP contribution in [0.15, 0.2) is 11.6 Å². The van der Waals surface area contributed by atoms with E-state index in [2.05, 4.69) is 30.1 Å². The van der Waals surface area contributed by atoms with Crippen molar-refractivity contribution in [3.8, 4) is 0 Å².